The first-order valence-electron chi connectivity index (χ1n) is 3.08. The fourth-order valence-electron chi connectivity index (χ4n) is 0.926. The predicted molar refractivity (Wildman–Crippen MR) is 41.8 cm³/mol. The van der Waals surface area contributed by atoms with Crippen molar-refractivity contribution >= 4 is 0 Å². The summed E-state index contributed by atoms with van der Waals surface area (Å²) in [7, 11) is 0. The fourth-order valence-corrected chi connectivity index (χ4v) is 0.926. The standard InChI is InChI=1S/C6H9NO3.CH3.W/c1-5-2-6(7(8)9)4-10-3-5;;/h6H,1-4H2;1H3;/q;-1;. The molecule has 5 heteroatoms. The van der Waals surface area contributed by atoms with E-state index in [0.717, 1.165) is 5.57 Å². The molecule has 1 heterocycles. The molecule has 1 aliphatic rings. The Morgan fingerprint density at radius 1 is 1.67 bits per heavy atom. The van der Waals surface area contributed by atoms with Crippen LogP contribution in [0.25, 0.3) is 0 Å². The first-order valence-corrected chi connectivity index (χ1v) is 3.08. The average Bonchev–Trinajstić information content (AvgIpc) is 1.88. The molecule has 0 radical (unpaired) electrons. The van der Waals surface area contributed by atoms with Gasteiger partial charge in [0.05, 0.1) is 6.61 Å². The molecular formula is C7H12NO3W-. The summed E-state index contributed by atoms with van der Waals surface area (Å²) in [6.45, 7) is 4.32. The molecule has 0 bridgehead atoms. The van der Waals surface area contributed by atoms with Crippen molar-refractivity contribution in [3.8, 4) is 0 Å². The van der Waals surface area contributed by atoms with Crippen molar-refractivity contribution < 1.29 is 30.7 Å². The molecule has 0 aromatic heterocycles. The summed E-state index contributed by atoms with van der Waals surface area (Å²) in [4.78, 5) is 9.87. The van der Waals surface area contributed by atoms with E-state index in [-0.39, 0.29) is 40.0 Å². The Bertz CT molecular complexity index is 170. The summed E-state index contributed by atoms with van der Waals surface area (Å²) in [5.74, 6) is 0. The molecule has 0 saturated carbocycles. The molecule has 1 rings (SSSR count). The van der Waals surface area contributed by atoms with Crippen molar-refractivity contribution in [2.24, 2.45) is 0 Å². The molecule has 0 N–H and O–H groups in total. The Labute approximate surface area is 86.4 Å². The zero-order chi connectivity index (χ0) is 7.56. The molecule has 4 nitrogen and oxygen atoms in total. The van der Waals surface area contributed by atoms with Gasteiger partial charge in [0.15, 0.2) is 0 Å². The van der Waals surface area contributed by atoms with Crippen LogP contribution >= 0.6 is 0 Å². The topological polar surface area (TPSA) is 52.4 Å². The number of nitrogens with zero attached hydrogens (tertiary/aromatic N) is 1. The Morgan fingerprint density at radius 2 is 2.25 bits per heavy atom. The van der Waals surface area contributed by atoms with Gasteiger partial charge < -0.3 is 12.2 Å². The van der Waals surface area contributed by atoms with E-state index < -0.39 is 6.04 Å². The van der Waals surface area contributed by atoms with Gasteiger partial charge in [-0.05, 0) is 5.57 Å². The Morgan fingerprint density at radius 3 is 2.58 bits per heavy atom. The number of hydrogen-bond donors (Lipinski definition) is 0. The van der Waals surface area contributed by atoms with Gasteiger partial charge in [-0.2, -0.15) is 0 Å². The van der Waals surface area contributed by atoms with E-state index in [1.54, 1.807) is 0 Å². The maximum absolute atomic E-state index is 10.2. The molecule has 70 valence electrons. The van der Waals surface area contributed by atoms with Crippen LogP contribution in [0.3, 0.4) is 0 Å². The summed E-state index contributed by atoms with van der Waals surface area (Å²) in [5, 5.41) is 10.2. The van der Waals surface area contributed by atoms with Crippen LogP contribution in [-0.4, -0.2) is 24.2 Å². The Balaban J connectivity index is 0. The van der Waals surface area contributed by atoms with Gasteiger partial charge in [-0.25, -0.2) is 0 Å². The largest absolute Gasteiger partial charge is 0.370 e. The van der Waals surface area contributed by atoms with Crippen molar-refractivity contribution in [2.45, 2.75) is 12.5 Å². The number of ether oxygens (including phenoxy) is 1. The van der Waals surface area contributed by atoms with Gasteiger partial charge in [-0.15, -0.1) is 0 Å². The van der Waals surface area contributed by atoms with Crippen LogP contribution in [0.4, 0.5) is 0 Å². The Kier molecular flexibility index (Phi) is 7.54. The van der Waals surface area contributed by atoms with Crippen LogP contribution in [0.15, 0.2) is 12.2 Å². The molecule has 1 aliphatic heterocycles. The quantitative estimate of drug-likeness (QED) is 0.310. The average molecular weight is 342 g/mol. The van der Waals surface area contributed by atoms with Crippen LogP contribution in [0.5, 0.6) is 0 Å². The molecule has 0 aliphatic carbocycles. The summed E-state index contributed by atoms with van der Waals surface area (Å²) in [5.41, 5.74) is 0.813. The van der Waals surface area contributed by atoms with Crippen LogP contribution < -0.4 is 0 Å². The van der Waals surface area contributed by atoms with Gasteiger partial charge in [0, 0.05) is 32.4 Å². The molecule has 1 saturated heterocycles. The van der Waals surface area contributed by atoms with Gasteiger partial charge in [-0.1, -0.05) is 6.58 Å². The molecule has 0 amide bonds. The fraction of sp³-hybridized carbons (Fsp3) is 0.571. The Hall–Kier alpha value is -0.212. The summed E-state index contributed by atoms with van der Waals surface area (Å²) in [6.07, 6.45) is 0.465. The van der Waals surface area contributed by atoms with E-state index in [9.17, 15) is 10.1 Å². The van der Waals surface area contributed by atoms with Crippen molar-refractivity contribution in [3.63, 3.8) is 0 Å². The van der Waals surface area contributed by atoms with Crippen LogP contribution in [-0.2, 0) is 25.8 Å². The molecule has 0 aromatic carbocycles. The van der Waals surface area contributed by atoms with Crippen molar-refractivity contribution in [1.29, 1.82) is 0 Å². The summed E-state index contributed by atoms with van der Waals surface area (Å²) in [6, 6.07) is -0.568. The maximum atomic E-state index is 10.2. The molecule has 1 fully saturated rings. The smallest absolute Gasteiger partial charge is 0.239 e. The van der Waals surface area contributed by atoms with Crippen molar-refractivity contribution in [2.75, 3.05) is 13.2 Å². The van der Waals surface area contributed by atoms with E-state index in [1.807, 2.05) is 0 Å². The van der Waals surface area contributed by atoms with E-state index in [0.29, 0.717) is 13.0 Å². The van der Waals surface area contributed by atoms with Crippen LogP contribution in [0, 0.1) is 17.5 Å². The van der Waals surface area contributed by atoms with Gasteiger partial charge in [-0.3, -0.25) is 10.1 Å². The van der Waals surface area contributed by atoms with E-state index in [2.05, 4.69) is 6.58 Å². The number of nitro groups is 1. The maximum Gasteiger partial charge on any atom is 0.239 e. The second-order valence-corrected chi connectivity index (χ2v) is 2.41. The first kappa shape index (κ1) is 14.3. The summed E-state index contributed by atoms with van der Waals surface area (Å²) < 4.78 is 4.91. The normalized spacial score (nSPS) is 22.0. The molecule has 0 spiro atoms. The van der Waals surface area contributed by atoms with Crippen molar-refractivity contribution in [1.82, 2.24) is 0 Å². The second-order valence-electron chi connectivity index (χ2n) is 2.41. The minimum absolute atomic E-state index is 0. The minimum Gasteiger partial charge on any atom is -0.370 e. The number of rotatable bonds is 1. The molecule has 0 aromatic rings. The van der Waals surface area contributed by atoms with Gasteiger partial charge in [0.25, 0.3) is 0 Å². The second kappa shape index (κ2) is 6.32. The van der Waals surface area contributed by atoms with Gasteiger partial charge in [0.2, 0.25) is 6.04 Å². The SMILES string of the molecule is C=C1COCC([N+](=O)[O-])C1.[CH3-].[W]. The third-order valence-electron chi connectivity index (χ3n) is 1.44. The predicted octanol–water partition coefficient (Wildman–Crippen LogP) is 1.06. The molecule has 12 heavy (non-hydrogen) atoms. The van der Waals surface area contributed by atoms with Crippen molar-refractivity contribution in [3.05, 3.63) is 29.7 Å². The van der Waals surface area contributed by atoms with Crippen LogP contribution in [0.1, 0.15) is 6.42 Å². The minimum atomic E-state index is -0.568. The zero-order valence-corrected chi connectivity index (χ0v) is 9.92. The molecule has 1 atom stereocenters. The first-order chi connectivity index (χ1) is 4.70. The third-order valence-corrected chi connectivity index (χ3v) is 1.44. The molecular weight excluding hydrogens is 330 g/mol. The third kappa shape index (κ3) is 3.98. The van der Waals surface area contributed by atoms with E-state index in [4.69, 9.17) is 4.74 Å². The van der Waals surface area contributed by atoms with E-state index in [1.165, 1.54) is 0 Å². The zero-order valence-electron chi connectivity index (χ0n) is 6.99. The summed E-state index contributed by atoms with van der Waals surface area (Å²) >= 11 is 0. The molecule has 1 unspecified atom stereocenters. The monoisotopic (exact) mass is 342 g/mol. The van der Waals surface area contributed by atoms with Crippen LogP contribution in [0.2, 0.25) is 0 Å². The van der Waals surface area contributed by atoms with Gasteiger partial charge in [0.1, 0.15) is 6.61 Å². The number of hydrogen-bond acceptors (Lipinski definition) is 3. The van der Waals surface area contributed by atoms with E-state index >= 15 is 0 Å². The van der Waals surface area contributed by atoms with Gasteiger partial charge >= 0.3 is 0 Å².